The van der Waals surface area contributed by atoms with Gasteiger partial charge in [-0.1, -0.05) is 36.6 Å². The minimum Gasteiger partial charge on any atom is -0.480 e. The number of nitrogens with one attached hydrogen (secondary N) is 5. The highest BCUT2D eigenvalue weighted by atomic mass is 16.4. The molecule has 2 aromatic heterocycles. The molecule has 3 aromatic rings. The Bertz CT molecular complexity index is 1450. The highest BCUT2D eigenvalue weighted by Gasteiger charge is 2.27. The first kappa shape index (κ1) is 35.4. The van der Waals surface area contributed by atoms with Crippen molar-refractivity contribution >= 4 is 34.5 Å². The van der Waals surface area contributed by atoms with Gasteiger partial charge in [0, 0.05) is 44.2 Å². The molecule has 1 aliphatic heterocycles. The van der Waals surface area contributed by atoms with Crippen LogP contribution in [0, 0.1) is 0 Å². The summed E-state index contributed by atoms with van der Waals surface area (Å²) in [5.74, 6) is 0.0667. The Balaban J connectivity index is 1.07. The summed E-state index contributed by atoms with van der Waals surface area (Å²) in [6.07, 6.45) is 11.7. The maximum atomic E-state index is 12.9. The SMILES string of the molecule is N[C@@H](CCCNC(=O)C1CN(c2nc(NCc3cn(CCCNCCCNC4CCCCC4)nn3)nc3ccccc23)CCN1)C(=O)O. The van der Waals surface area contributed by atoms with Crippen LogP contribution in [0.15, 0.2) is 30.5 Å². The highest BCUT2D eigenvalue weighted by Crippen LogP contribution is 2.26. The summed E-state index contributed by atoms with van der Waals surface area (Å²) in [7, 11) is 0. The fourth-order valence-electron chi connectivity index (χ4n) is 6.29. The summed E-state index contributed by atoms with van der Waals surface area (Å²) in [5, 5.41) is 35.2. The Hall–Kier alpha value is -3.92. The van der Waals surface area contributed by atoms with Crippen LogP contribution in [0.1, 0.15) is 63.5 Å². The molecule has 2 aliphatic rings. The summed E-state index contributed by atoms with van der Waals surface area (Å²) in [6.45, 7) is 6.36. The predicted molar refractivity (Wildman–Crippen MR) is 186 cm³/mol. The van der Waals surface area contributed by atoms with Gasteiger partial charge in [-0.15, -0.1) is 5.10 Å². The van der Waals surface area contributed by atoms with Crippen LogP contribution in [0.5, 0.6) is 0 Å². The first-order valence-corrected chi connectivity index (χ1v) is 17.5. The number of aliphatic carboxylic acids is 1. The average Bonchev–Trinajstić information content (AvgIpc) is 3.57. The fourth-order valence-corrected chi connectivity index (χ4v) is 6.29. The average molecular weight is 665 g/mol. The second kappa shape index (κ2) is 18.6. The number of carbonyl (C=O) groups is 2. The second-order valence-electron chi connectivity index (χ2n) is 12.8. The number of amides is 1. The number of carboxylic acids is 1. The normalized spacial score (nSPS) is 17.8. The number of rotatable bonds is 19. The van der Waals surface area contributed by atoms with Gasteiger partial charge in [-0.25, -0.2) is 4.98 Å². The van der Waals surface area contributed by atoms with Crippen molar-refractivity contribution in [2.24, 2.45) is 5.73 Å². The van der Waals surface area contributed by atoms with Crippen molar-refractivity contribution in [2.75, 3.05) is 56.0 Å². The van der Waals surface area contributed by atoms with Crippen molar-refractivity contribution in [3.8, 4) is 0 Å². The summed E-state index contributed by atoms with van der Waals surface area (Å²) >= 11 is 0. The predicted octanol–water partition coefficient (Wildman–Crippen LogP) is 1.21. The fraction of sp³-hybridized carbons (Fsp3) is 0.636. The molecular weight excluding hydrogens is 612 g/mol. The molecule has 48 heavy (non-hydrogen) atoms. The number of para-hydroxylation sites is 1. The molecule has 8 N–H and O–H groups in total. The summed E-state index contributed by atoms with van der Waals surface area (Å²) in [4.78, 5) is 35.6. The van der Waals surface area contributed by atoms with Crippen LogP contribution < -0.4 is 37.2 Å². The third-order valence-electron chi connectivity index (χ3n) is 9.01. The van der Waals surface area contributed by atoms with Gasteiger partial charge >= 0.3 is 5.97 Å². The standard InChI is InChI=1S/C33H52N12O3/c34-27(32(47)48)12-6-16-38-31(46)29-23-44(20-18-37-29)30-26-11-4-5-13-28(26)40-33(41-30)39-21-25-22-45(43-42-25)19-8-15-35-14-7-17-36-24-9-2-1-3-10-24/h4-5,11,13,22,24,27,29,35-37H,1-3,6-10,12,14-21,23,34H2,(H,38,46)(H,47,48)(H,39,40,41)/t27-,29?/m0/s1. The van der Waals surface area contributed by atoms with Crippen molar-refractivity contribution < 1.29 is 14.7 Å². The molecule has 5 rings (SSSR count). The zero-order chi connectivity index (χ0) is 33.6. The molecule has 3 heterocycles. The van der Waals surface area contributed by atoms with Gasteiger partial charge in [0.1, 0.15) is 23.6 Å². The largest absolute Gasteiger partial charge is 0.480 e. The Morgan fingerprint density at radius 1 is 1.04 bits per heavy atom. The molecule has 262 valence electrons. The number of anilines is 2. The molecule has 1 amide bonds. The smallest absolute Gasteiger partial charge is 0.320 e. The van der Waals surface area contributed by atoms with Gasteiger partial charge in [-0.05, 0) is 70.3 Å². The zero-order valence-electron chi connectivity index (χ0n) is 27.9. The van der Waals surface area contributed by atoms with E-state index in [1.54, 1.807) is 0 Å². The van der Waals surface area contributed by atoms with Crippen molar-refractivity contribution in [1.29, 1.82) is 0 Å². The van der Waals surface area contributed by atoms with Crippen LogP contribution in [-0.2, 0) is 22.7 Å². The third kappa shape index (κ3) is 10.8. The second-order valence-corrected chi connectivity index (χ2v) is 12.8. The molecule has 0 radical (unpaired) electrons. The maximum Gasteiger partial charge on any atom is 0.320 e. The Kier molecular flexibility index (Phi) is 13.7. The third-order valence-corrected chi connectivity index (χ3v) is 9.01. The van der Waals surface area contributed by atoms with Gasteiger partial charge in [-0.3, -0.25) is 14.3 Å². The number of piperazine rings is 1. The zero-order valence-corrected chi connectivity index (χ0v) is 27.9. The first-order valence-electron chi connectivity index (χ1n) is 17.5. The minimum atomic E-state index is -1.04. The topological polar surface area (TPSA) is 200 Å². The van der Waals surface area contributed by atoms with Crippen LogP contribution in [0.25, 0.3) is 10.9 Å². The Labute approximate surface area is 282 Å². The number of carbonyl (C=O) groups excluding carboxylic acids is 1. The van der Waals surface area contributed by atoms with Crippen molar-refractivity contribution in [2.45, 2.75) is 89.0 Å². The van der Waals surface area contributed by atoms with E-state index in [-0.39, 0.29) is 5.91 Å². The van der Waals surface area contributed by atoms with Crippen LogP contribution >= 0.6 is 0 Å². The van der Waals surface area contributed by atoms with E-state index >= 15 is 0 Å². The molecule has 1 saturated carbocycles. The molecule has 1 unspecified atom stereocenters. The first-order chi connectivity index (χ1) is 23.5. The molecule has 1 saturated heterocycles. The van der Waals surface area contributed by atoms with Crippen molar-refractivity contribution in [3.05, 3.63) is 36.2 Å². The van der Waals surface area contributed by atoms with Crippen LogP contribution in [0.4, 0.5) is 11.8 Å². The monoisotopic (exact) mass is 664 g/mol. The number of aryl methyl sites for hydroxylation is 1. The van der Waals surface area contributed by atoms with Gasteiger partial charge in [0.2, 0.25) is 11.9 Å². The summed E-state index contributed by atoms with van der Waals surface area (Å²) < 4.78 is 1.88. The van der Waals surface area contributed by atoms with Crippen molar-refractivity contribution in [3.63, 3.8) is 0 Å². The molecule has 1 aliphatic carbocycles. The molecular formula is C33H52N12O3. The lowest BCUT2D eigenvalue weighted by Gasteiger charge is -2.34. The number of carboxylic acid groups (broad SMARTS) is 1. The molecule has 2 fully saturated rings. The number of nitrogens with two attached hydrogens (primary N) is 1. The lowest BCUT2D eigenvalue weighted by molar-refractivity contribution is -0.138. The molecule has 15 nitrogen and oxygen atoms in total. The van der Waals surface area contributed by atoms with Crippen LogP contribution in [-0.4, -0.2) is 106 Å². The molecule has 0 bridgehead atoms. The van der Waals surface area contributed by atoms with E-state index in [4.69, 9.17) is 20.8 Å². The van der Waals surface area contributed by atoms with Gasteiger partial charge in [0.25, 0.3) is 0 Å². The van der Waals surface area contributed by atoms with E-state index in [1.165, 1.54) is 32.1 Å². The number of aromatic nitrogens is 5. The number of fused-ring (bicyclic) bond motifs is 1. The van der Waals surface area contributed by atoms with Crippen molar-refractivity contribution in [1.82, 2.24) is 46.2 Å². The lowest BCUT2D eigenvalue weighted by atomic mass is 9.95. The van der Waals surface area contributed by atoms with E-state index in [9.17, 15) is 9.59 Å². The van der Waals surface area contributed by atoms with E-state index in [2.05, 4.69) is 41.8 Å². The van der Waals surface area contributed by atoms with Crippen LogP contribution in [0.2, 0.25) is 0 Å². The van der Waals surface area contributed by atoms with Gasteiger partial charge < -0.3 is 42.3 Å². The van der Waals surface area contributed by atoms with E-state index in [0.717, 1.165) is 67.5 Å². The molecule has 2 atom stereocenters. The summed E-state index contributed by atoms with van der Waals surface area (Å²) in [5.41, 5.74) is 7.18. The number of hydrogen-bond donors (Lipinski definition) is 7. The maximum absolute atomic E-state index is 12.9. The molecule has 1 aromatic carbocycles. The van der Waals surface area contributed by atoms with Gasteiger partial charge in [0.05, 0.1) is 18.3 Å². The number of benzene rings is 1. The highest BCUT2D eigenvalue weighted by molar-refractivity contribution is 5.91. The molecule has 15 heteroatoms. The van der Waals surface area contributed by atoms with E-state index in [0.29, 0.717) is 51.5 Å². The van der Waals surface area contributed by atoms with E-state index in [1.807, 2.05) is 35.1 Å². The Morgan fingerprint density at radius 2 is 1.88 bits per heavy atom. The van der Waals surface area contributed by atoms with Crippen LogP contribution in [0.3, 0.4) is 0 Å². The minimum absolute atomic E-state index is 0.138. The quantitative estimate of drug-likeness (QED) is 0.0903. The van der Waals surface area contributed by atoms with E-state index < -0.39 is 18.1 Å². The number of hydrogen-bond acceptors (Lipinski definition) is 12. The summed E-state index contributed by atoms with van der Waals surface area (Å²) in [6, 6.07) is 7.21. The van der Waals surface area contributed by atoms with Gasteiger partial charge in [0.15, 0.2) is 0 Å². The number of nitrogens with zero attached hydrogens (tertiary/aromatic N) is 6. The molecule has 0 spiro atoms. The van der Waals surface area contributed by atoms with Gasteiger partial charge in [-0.2, -0.15) is 4.98 Å². The lowest BCUT2D eigenvalue weighted by Crippen LogP contribution is -2.57. The Morgan fingerprint density at radius 3 is 2.73 bits per heavy atom.